The van der Waals surface area contributed by atoms with Crippen molar-refractivity contribution in [1.82, 2.24) is 5.32 Å². The first-order valence-corrected chi connectivity index (χ1v) is 5.11. The predicted molar refractivity (Wildman–Crippen MR) is 62.3 cm³/mol. The van der Waals surface area contributed by atoms with Crippen LogP contribution in [0.1, 0.15) is 10.4 Å². The number of benzene rings is 1. The molecule has 2 amide bonds. The van der Waals surface area contributed by atoms with E-state index in [1.165, 1.54) is 7.11 Å². The number of hydrogen-bond donors (Lipinski definition) is 3. The summed E-state index contributed by atoms with van der Waals surface area (Å²) in [6.45, 7) is 0.591. The highest BCUT2D eigenvalue weighted by atomic mass is 19.1. The molecule has 0 heterocycles. The maximum atomic E-state index is 13.3. The molecular weight excluding hydrogens is 243 g/mol. The van der Waals surface area contributed by atoms with Crippen molar-refractivity contribution in [1.29, 1.82) is 0 Å². The van der Waals surface area contributed by atoms with E-state index < -0.39 is 17.8 Å². The molecule has 0 bridgehead atoms. The first kappa shape index (κ1) is 13.9. The number of carbonyl (C=O) groups is 2. The molecule has 0 radical (unpaired) electrons. The summed E-state index contributed by atoms with van der Waals surface area (Å²) >= 11 is 0. The van der Waals surface area contributed by atoms with Crippen molar-refractivity contribution in [2.45, 2.75) is 0 Å². The molecule has 0 aromatic heterocycles. The van der Waals surface area contributed by atoms with Crippen molar-refractivity contribution in [3.8, 4) is 0 Å². The Balaban J connectivity index is 2.68. The second-order valence-corrected chi connectivity index (χ2v) is 3.37. The zero-order valence-electron chi connectivity index (χ0n) is 9.70. The normalized spacial score (nSPS) is 9.89. The van der Waals surface area contributed by atoms with Gasteiger partial charge in [0.2, 0.25) is 0 Å². The van der Waals surface area contributed by atoms with E-state index in [0.717, 1.165) is 18.2 Å². The minimum atomic E-state index is -1.20. The first-order valence-electron chi connectivity index (χ1n) is 5.11. The Morgan fingerprint density at radius 2 is 2.17 bits per heavy atom. The van der Waals surface area contributed by atoms with Crippen LogP contribution >= 0.6 is 0 Å². The largest absolute Gasteiger partial charge is 0.478 e. The topological polar surface area (TPSA) is 87.7 Å². The number of nitrogens with one attached hydrogen (secondary N) is 2. The van der Waals surface area contributed by atoms with Crippen LogP contribution in [0.4, 0.5) is 14.9 Å². The molecule has 0 saturated heterocycles. The molecule has 0 atom stereocenters. The highest BCUT2D eigenvalue weighted by molar-refractivity contribution is 5.93. The monoisotopic (exact) mass is 256 g/mol. The third-order valence-electron chi connectivity index (χ3n) is 2.05. The van der Waals surface area contributed by atoms with Crippen molar-refractivity contribution in [3.05, 3.63) is 29.6 Å². The lowest BCUT2D eigenvalue weighted by atomic mass is 10.2. The third kappa shape index (κ3) is 4.02. The molecule has 0 fully saturated rings. The number of rotatable bonds is 5. The molecular formula is C11H13FN2O4. The molecule has 1 aromatic carbocycles. The molecule has 3 N–H and O–H groups in total. The van der Waals surface area contributed by atoms with Gasteiger partial charge in [-0.25, -0.2) is 14.0 Å². The van der Waals surface area contributed by atoms with Crippen LogP contribution in [0.3, 0.4) is 0 Å². The summed E-state index contributed by atoms with van der Waals surface area (Å²) in [5.41, 5.74) is -0.298. The summed E-state index contributed by atoms with van der Waals surface area (Å²) in [5.74, 6) is -1.90. The fraction of sp³-hybridized carbons (Fsp3) is 0.273. The van der Waals surface area contributed by atoms with E-state index in [4.69, 9.17) is 9.84 Å². The van der Waals surface area contributed by atoms with Crippen molar-refractivity contribution >= 4 is 17.7 Å². The van der Waals surface area contributed by atoms with Gasteiger partial charge in [-0.1, -0.05) is 0 Å². The number of halogens is 1. The number of urea groups is 1. The number of carboxylic acids is 1. The summed E-state index contributed by atoms with van der Waals surface area (Å²) in [7, 11) is 1.48. The van der Waals surface area contributed by atoms with Crippen molar-refractivity contribution in [2.75, 3.05) is 25.6 Å². The summed E-state index contributed by atoms with van der Waals surface area (Å²) in [6, 6.07) is 2.52. The van der Waals surface area contributed by atoms with Crippen LogP contribution in [-0.2, 0) is 4.74 Å². The summed E-state index contributed by atoms with van der Waals surface area (Å²) in [4.78, 5) is 22.0. The van der Waals surface area contributed by atoms with Crippen LogP contribution in [0.5, 0.6) is 0 Å². The maximum absolute atomic E-state index is 13.3. The number of aromatic carboxylic acids is 1. The molecule has 0 aliphatic carbocycles. The van der Waals surface area contributed by atoms with Crippen LogP contribution in [0.25, 0.3) is 0 Å². The summed E-state index contributed by atoms with van der Waals surface area (Å²) < 4.78 is 18.0. The minimum absolute atomic E-state index is 0.108. The highest BCUT2D eigenvalue weighted by Gasteiger charge is 2.10. The second-order valence-electron chi connectivity index (χ2n) is 3.37. The van der Waals surface area contributed by atoms with Gasteiger partial charge in [0.15, 0.2) is 0 Å². The fourth-order valence-corrected chi connectivity index (χ4v) is 1.19. The Morgan fingerprint density at radius 1 is 1.44 bits per heavy atom. The Kier molecular flexibility index (Phi) is 5.06. The molecule has 0 aliphatic heterocycles. The number of anilines is 1. The molecule has 0 unspecified atom stereocenters. The van der Waals surface area contributed by atoms with Gasteiger partial charge in [-0.05, 0) is 18.2 Å². The molecule has 1 rings (SSSR count). The van der Waals surface area contributed by atoms with E-state index in [-0.39, 0.29) is 17.8 Å². The number of hydrogen-bond acceptors (Lipinski definition) is 3. The molecule has 7 heteroatoms. The van der Waals surface area contributed by atoms with Crippen LogP contribution in [0.15, 0.2) is 18.2 Å². The molecule has 18 heavy (non-hydrogen) atoms. The zero-order chi connectivity index (χ0) is 13.5. The SMILES string of the molecule is COCCNC(=O)Nc1cc(C(=O)O)ccc1F. The van der Waals surface area contributed by atoms with Crippen LogP contribution in [0.2, 0.25) is 0 Å². The number of ether oxygens (including phenoxy) is 1. The van der Waals surface area contributed by atoms with Crippen LogP contribution in [0, 0.1) is 5.82 Å². The minimum Gasteiger partial charge on any atom is -0.478 e. The van der Waals surface area contributed by atoms with Gasteiger partial charge in [0.25, 0.3) is 0 Å². The van der Waals surface area contributed by atoms with Crippen LogP contribution < -0.4 is 10.6 Å². The molecule has 0 aliphatic rings. The van der Waals surface area contributed by atoms with Gasteiger partial charge in [-0.2, -0.15) is 0 Å². The predicted octanol–water partition coefficient (Wildman–Crippen LogP) is 1.29. The van der Waals surface area contributed by atoms with Gasteiger partial charge in [-0.3, -0.25) is 0 Å². The lowest BCUT2D eigenvalue weighted by molar-refractivity contribution is 0.0697. The molecule has 0 spiro atoms. The fourth-order valence-electron chi connectivity index (χ4n) is 1.19. The molecule has 6 nitrogen and oxygen atoms in total. The van der Waals surface area contributed by atoms with Gasteiger partial charge in [0, 0.05) is 13.7 Å². The smallest absolute Gasteiger partial charge is 0.335 e. The van der Waals surface area contributed by atoms with Gasteiger partial charge < -0.3 is 20.5 Å². The quantitative estimate of drug-likeness (QED) is 0.693. The average Bonchev–Trinajstić information content (AvgIpc) is 2.32. The maximum Gasteiger partial charge on any atom is 0.335 e. The van der Waals surface area contributed by atoms with Crippen molar-refractivity contribution in [2.24, 2.45) is 0 Å². The van der Waals surface area contributed by atoms with E-state index in [0.29, 0.717) is 6.61 Å². The number of carbonyl (C=O) groups excluding carboxylic acids is 1. The lowest BCUT2D eigenvalue weighted by Crippen LogP contribution is -2.31. The molecule has 98 valence electrons. The van der Waals surface area contributed by atoms with E-state index in [1.54, 1.807) is 0 Å². The summed E-state index contributed by atoms with van der Waals surface area (Å²) in [6.07, 6.45) is 0. The molecule has 1 aromatic rings. The van der Waals surface area contributed by atoms with Crippen LogP contribution in [-0.4, -0.2) is 37.4 Å². The van der Waals surface area contributed by atoms with E-state index in [2.05, 4.69) is 10.6 Å². The lowest BCUT2D eigenvalue weighted by Gasteiger charge is -2.08. The van der Waals surface area contributed by atoms with E-state index in [9.17, 15) is 14.0 Å². The number of amides is 2. The van der Waals surface area contributed by atoms with Gasteiger partial charge >= 0.3 is 12.0 Å². The average molecular weight is 256 g/mol. The van der Waals surface area contributed by atoms with Crippen molar-refractivity contribution < 1.29 is 23.8 Å². The van der Waals surface area contributed by atoms with Gasteiger partial charge in [0.05, 0.1) is 17.9 Å². The van der Waals surface area contributed by atoms with Gasteiger partial charge in [-0.15, -0.1) is 0 Å². The van der Waals surface area contributed by atoms with Crippen molar-refractivity contribution in [3.63, 3.8) is 0 Å². The molecule has 0 saturated carbocycles. The summed E-state index contributed by atoms with van der Waals surface area (Å²) in [5, 5.41) is 13.4. The number of carboxylic acid groups (broad SMARTS) is 1. The Hall–Kier alpha value is -2.15. The third-order valence-corrected chi connectivity index (χ3v) is 2.05. The first-order chi connectivity index (χ1) is 8.54. The zero-order valence-corrected chi connectivity index (χ0v) is 9.70. The Bertz CT molecular complexity index is 451. The highest BCUT2D eigenvalue weighted by Crippen LogP contribution is 2.16. The van der Waals surface area contributed by atoms with E-state index in [1.807, 2.05) is 0 Å². The number of methoxy groups -OCH3 is 1. The standard InChI is InChI=1S/C11H13FN2O4/c1-18-5-4-13-11(17)14-9-6-7(10(15)16)2-3-8(9)12/h2-3,6H,4-5H2,1H3,(H,15,16)(H2,13,14,17). The second kappa shape index (κ2) is 6.55. The Labute approximate surface area is 103 Å². The Morgan fingerprint density at radius 3 is 2.78 bits per heavy atom. The van der Waals surface area contributed by atoms with E-state index >= 15 is 0 Å². The van der Waals surface area contributed by atoms with Gasteiger partial charge in [0.1, 0.15) is 5.82 Å².